The van der Waals surface area contributed by atoms with Crippen LogP contribution in [0.1, 0.15) is 48.1 Å². The topological polar surface area (TPSA) is 88.5 Å². The summed E-state index contributed by atoms with van der Waals surface area (Å²) in [6, 6.07) is 11.7. The first-order chi connectivity index (χ1) is 14.5. The number of carbonyl (C=O) groups excluding carboxylic acids is 1. The molecule has 0 atom stereocenters. The van der Waals surface area contributed by atoms with E-state index in [1.807, 2.05) is 56.0 Å². The highest BCUT2D eigenvalue weighted by Gasteiger charge is 2.14. The fraction of sp³-hybridized carbons (Fsp3) is 0.304. The lowest BCUT2D eigenvalue weighted by atomic mass is 9.98. The van der Waals surface area contributed by atoms with E-state index in [9.17, 15) is 4.79 Å². The third-order valence-electron chi connectivity index (χ3n) is 5.21. The molecule has 0 aliphatic rings. The number of carbonyl (C=O) groups is 1. The Morgan fingerprint density at radius 3 is 2.63 bits per heavy atom. The molecule has 0 radical (unpaired) electrons. The first-order valence-corrected chi connectivity index (χ1v) is 10.2. The van der Waals surface area contributed by atoms with Crippen LogP contribution in [0.25, 0.3) is 22.3 Å². The number of aryl methyl sites for hydroxylation is 2. The average Bonchev–Trinajstić information content (AvgIpc) is 3.34. The normalized spacial score (nSPS) is 11.4. The summed E-state index contributed by atoms with van der Waals surface area (Å²) in [4.78, 5) is 16.9. The molecule has 0 fully saturated rings. The van der Waals surface area contributed by atoms with Gasteiger partial charge in [0.15, 0.2) is 5.82 Å². The van der Waals surface area contributed by atoms with E-state index in [1.165, 1.54) is 11.1 Å². The van der Waals surface area contributed by atoms with Crippen LogP contribution in [-0.4, -0.2) is 36.9 Å². The number of benzene rings is 2. The second-order valence-electron chi connectivity index (χ2n) is 7.75. The fourth-order valence-electron chi connectivity index (χ4n) is 3.68. The number of H-pyrrole nitrogens is 1. The summed E-state index contributed by atoms with van der Waals surface area (Å²) in [5.74, 6) is 1.47. The zero-order valence-electron chi connectivity index (χ0n) is 17.7. The van der Waals surface area contributed by atoms with Gasteiger partial charge in [-0.25, -0.2) is 4.98 Å². The van der Waals surface area contributed by atoms with E-state index in [4.69, 9.17) is 4.98 Å². The number of aromatic nitrogens is 5. The Balaban J connectivity index is 1.59. The molecular weight excluding hydrogens is 376 g/mol. The second kappa shape index (κ2) is 8.10. The van der Waals surface area contributed by atoms with Gasteiger partial charge in [0, 0.05) is 36.0 Å². The third kappa shape index (κ3) is 3.83. The van der Waals surface area contributed by atoms with Crippen LogP contribution in [0, 0.1) is 0 Å². The van der Waals surface area contributed by atoms with Gasteiger partial charge in [-0.15, -0.1) is 0 Å². The Labute approximate surface area is 175 Å². The lowest BCUT2D eigenvalue weighted by Gasteiger charge is -2.08. The maximum atomic E-state index is 12.1. The van der Waals surface area contributed by atoms with Crippen molar-refractivity contribution in [1.82, 2.24) is 30.3 Å². The van der Waals surface area contributed by atoms with Gasteiger partial charge in [-0.2, -0.15) is 10.2 Å². The molecule has 2 N–H and O–H groups in total. The highest BCUT2D eigenvalue weighted by atomic mass is 16.1. The molecule has 7 nitrogen and oxygen atoms in total. The van der Waals surface area contributed by atoms with Crippen LogP contribution >= 0.6 is 0 Å². The summed E-state index contributed by atoms with van der Waals surface area (Å²) < 4.78 is 1.83. The van der Waals surface area contributed by atoms with Crippen molar-refractivity contribution in [2.24, 2.45) is 7.05 Å². The number of hydrogen-bond donors (Lipinski definition) is 2. The first-order valence-electron chi connectivity index (χ1n) is 10.2. The number of rotatable bonds is 6. The zero-order chi connectivity index (χ0) is 21.3. The highest BCUT2D eigenvalue weighted by molar-refractivity contribution is 5.94. The van der Waals surface area contributed by atoms with Crippen molar-refractivity contribution < 1.29 is 4.79 Å². The van der Waals surface area contributed by atoms with Crippen LogP contribution in [0.3, 0.4) is 0 Å². The molecular formula is C23H26N6O. The third-order valence-corrected chi connectivity index (χ3v) is 5.21. The van der Waals surface area contributed by atoms with E-state index >= 15 is 0 Å². The minimum Gasteiger partial charge on any atom is -0.350 e. The van der Waals surface area contributed by atoms with Crippen LogP contribution in [0.5, 0.6) is 0 Å². The van der Waals surface area contributed by atoms with Crippen LogP contribution in [0.2, 0.25) is 0 Å². The average molecular weight is 403 g/mol. The minimum atomic E-state index is -0.0760. The van der Waals surface area contributed by atoms with Gasteiger partial charge in [0.1, 0.15) is 5.82 Å². The van der Waals surface area contributed by atoms with E-state index in [-0.39, 0.29) is 11.9 Å². The van der Waals surface area contributed by atoms with Crippen LogP contribution < -0.4 is 5.32 Å². The Bertz CT molecular complexity index is 1190. The van der Waals surface area contributed by atoms with Gasteiger partial charge in [-0.1, -0.05) is 25.1 Å². The molecule has 7 heteroatoms. The van der Waals surface area contributed by atoms with Gasteiger partial charge in [0.05, 0.1) is 11.7 Å². The van der Waals surface area contributed by atoms with Crippen molar-refractivity contribution >= 4 is 16.8 Å². The SMILES string of the molecule is CCc1c(Cc2nc(-c3ccc(C(=O)NC(C)C)cc3)nn2C)ccc2[nH]ncc12. The standard InChI is InChI=1S/C23H26N6O/c1-5-18-17(10-11-20-19(18)13-24-27-20)12-21-26-22(28-29(21)4)15-6-8-16(9-7-15)23(30)25-14(2)3/h6-11,13-14H,5,12H2,1-4H3,(H,24,27)(H,25,30). The van der Waals surface area contributed by atoms with Crippen LogP contribution in [0.4, 0.5) is 0 Å². The number of nitrogens with zero attached hydrogens (tertiary/aromatic N) is 4. The number of aromatic amines is 1. The first kappa shape index (κ1) is 19.8. The van der Waals surface area contributed by atoms with Crippen molar-refractivity contribution in [2.45, 2.75) is 39.7 Å². The molecule has 30 heavy (non-hydrogen) atoms. The van der Waals surface area contributed by atoms with Crippen molar-refractivity contribution in [3.05, 3.63) is 65.1 Å². The van der Waals surface area contributed by atoms with E-state index in [0.717, 1.165) is 28.7 Å². The maximum absolute atomic E-state index is 12.1. The predicted octanol–water partition coefficient (Wildman–Crippen LogP) is 3.65. The molecule has 0 spiro atoms. The Hall–Kier alpha value is -3.48. The van der Waals surface area contributed by atoms with E-state index in [0.29, 0.717) is 17.8 Å². The summed E-state index contributed by atoms with van der Waals surface area (Å²) in [7, 11) is 1.91. The predicted molar refractivity (Wildman–Crippen MR) is 117 cm³/mol. The molecule has 1 amide bonds. The van der Waals surface area contributed by atoms with Crippen molar-refractivity contribution in [1.29, 1.82) is 0 Å². The highest BCUT2D eigenvalue weighted by Crippen LogP contribution is 2.24. The molecule has 2 heterocycles. The summed E-state index contributed by atoms with van der Waals surface area (Å²) >= 11 is 0. The quantitative estimate of drug-likeness (QED) is 0.515. The summed E-state index contributed by atoms with van der Waals surface area (Å²) in [5, 5.41) is 15.9. The monoisotopic (exact) mass is 402 g/mol. The van der Waals surface area contributed by atoms with Crippen LogP contribution in [0.15, 0.2) is 42.6 Å². The van der Waals surface area contributed by atoms with Crippen molar-refractivity contribution in [3.63, 3.8) is 0 Å². The molecule has 4 rings (SSSR count). The van der Waals surface area contributed by atoms with E-state index in [1.54, 1.807) is 0 Å². The second-order valence-corrected chi connectivity index (χ2v) is 7.75. The van der Waals surface area contributed by atoms with Crippen LogP contribution in [-0.2, 0) is 19.9 Å². The van der Waals surface area contributed by atoms with Gasteiger partial charge in [-0.05, 0) is 49.6 Å². The fourth-order valence-corrected chi connectivity index (χ4v) is 3.68. The number of nitrogens with one attached hydrogen (secondary N) is 2. The molecule has 154 valence electrons. The Kier molecular flexibility index (Phi) is 5.35. The van der Waals surface area contributed by atoms with Gasteiger partial charge in [0.2, 0.25) is 0 Å². The van der Waals surface area contributed by atoms with Gasteiger partial charge in [0.25, 0.3) is 5.91 Å². The lowest BCUT2D eigenvalue weighted by Crippen LogP contribution is -2.29. The molecule has 4 aromatic rings. The summed E-state index contributed by atoms with van der Waals surface area (Å²) in [6.07, 6.45) is 3.51. The smallest absolute Gasteiger partial charge is 0.251 e. The molecule has 2 aromatic heterocycles. The molecule has 0 unspecified atom stereocenters. The van der Waals surface area contributed by atoms with Gasteiger partial charge >= 0.3 is 0 Å². The van der Waals surface area contributed by atoms with Gasteiger partial charge < -0.3 is 5.32 Å². The summed E-state index contributed by atoms with van der Waals surface area (Å²) in [6.45, 7) is 6.05. The number of hydrogen-bond acceptors (Lipinski definition) is 4. The van der Waals surface area contributed by atoms with Crippen molar-refractivity contribution in [3.8, 4) is 11.4 Å². The van der Waals surface area contributed by atoms with Gasteiger partial charge in [-0.3, -0.25) is 14.6 Å². The molecule has 0 bridgehead atoms. The molecule has 0 saturated heterocycles. The molecule has 0 saturated carbocycles. The number of amides is 1. The maximum Gasteiger partial charge on any atom is 0.251 e. The Morgan fingerprint density at radius 2 is 1.93 bits per heavy atom. The summed E-state index contributed by atoms with van der Waals surface area (Å²) in [5.41, 5.74) is 5.08. The molecule has 0 aliphatic heterocycles. The zero-order valence-corrected chi connectivity index (χ0v) is 17.7. The Morgan fingerprint density at radius 1 is 1.17 bits per heavy atom. The lowest BCUT2D eigenvalue weighted by molar-refractivity contribution is 0.0943. The molecule has 2 aromatic carbocycles. The van der Waals surface area contributed by atoms with Crippen molar-refractivity contribution in [2.75, 3.05) is 0 Å². The number of fused-ring (bicyclic) bond motifs is 1. The van der Waals surface area contributed by atoms with E-state index < -0.39 is 0 Å². The minimum absolute atomic E-state index is 0.0760. The molecule has 0 aliphatic carbocycles. The van der Waals surface area contributed by atoms with E-state index in [2.05, 4.69) is 39.7 Å². The largest absolute Gasteiger partial charge is 0.350 e.